The van der Waals surface area contributed by atoms with Crippen LogP contribution < -0.4 is 10.1 Å². The van der Waals surface area contributed by atoms with Crippen molar-refractivity contribution in [3.05, 3.63) is 28.8 Å². The van der Waals surface area contributed by atoms with Crippen molar-refractivity contribution in [3.8, 4) is 5.75 Å². The molecule has 1 spiro atoms. The monoisotopic (exact) mass is 261 g/mol. The maximum Gasteiger partial charge on any atom is 0.338 e. The Kier molecular flexibility index (Phi) is 2.97. The van der Waals surface area contributed by atoms with Gasteiger partial charge in [0, 0.05) is 11.0 Å². The van der Waals surface area contributed by atoms with Crippen LogP contribution in [0.5, 0.6) is 5.75 Å². The van der Waals surface area contributed by atoms with E-state index in [4.69, 9.17) is 9.47 Å². The number of ether oxygens (including phenoxy) is 2. The second-order valence-electron chi connectivity index (χ2n) is 5.47. The molecule has 2 aliphatic rings. The summed E-state index contributed by atoms with van der Waals surface area (Å²) in [5.74, 6) is 0.558. The molecule has 1 aromatic carbocycles. The first-order chi connectivity index (χ1) is 9.16. The number of piperidine rings is 1. The third kappa shape index (κ3) is 1.91. The summed E-state index contributed by atoms with van der Waals surface area (Å²) in [5.41, 5.74) is 2.97. The topological polar surface area (TPSA) is 47.6 Å². The molecule has 0 atom stereocenters. The molecule has 4 heteroatoms. The summed E-state index contributed by atoms with van der Waals surface area (Å²) >= 11 is 0. The Morgan fingerprint density at radius 2 is 2.11 bits per heavy atom. The summed E-state index contributed by atoms with van der Waals surface area (Å²) in [4.78, 5) is 11.7. The number of benzene rings is 1. The first-order valence-corrected chi connectivity index (χ1v) is 6.73. The summed E-state index contributed by atoms with van der Waals surface area (Å²) in [6, 6.07) is 3.95. The van der Waals surface area contributed by atoms with Crippen LogP contribution in [-0.2, 0) is 10.2 Å². The zero-order chi connectivity index (χ0) is 13.5. The van der Waals surface area contributed by atoms with E-state index in [1.165, 1.54) is 12.7 Å². The van der Waals surface area contributed by atoms with Gasteiger partial charge in [-0.1, -0.05) is 6.07 Å². The van der Waals surface area contributed by atoms with Gasteiger partial charge >= 0.3 is 5.97 Å². The van der Waals surface area contributed by atoms with Crippen LogP contribution >= 0.6 is 0 Å². The van der Waals surface area contributed by atoms with E-state index in [9.17, 15) is 4.79 Å². The lowest BCUT2D eigenvalue weighted by Gasteiger charge is -2.32. The molecule has 1 fully saturated rings. The summed E-state index contributed by atoms with van der Waals surface area (Å²) in [6.07, 6.45) is 2.19. The van der Waals surface area contributed by atoms with Crippen molar-refractivity contribution in [2.24, 2.45) is 0 Å². The maximum atomic E-state index is 11.7. The molecule has 102 valence electrons. The van der Waals surface area contributed by atoms with Gasteiger partial charge in [-0.15, -0.1) is 0 Å². The molecule has 0 saturated carbocycles. The van der Waals surface area contributed by atoms with Crippen LogP contribution in [0, 0.1) is 6.92 Å². The third-order valence-corrected chi connectivity index (χ3v) is 4.37. The van der Waals surface area contributed by atoms with E-state index >= 15 is 0 Å². The van der Waals surface area contributed by atoms with Gasteiger partial charge in [0.05, 0.1) is 19.3 Å². The average Bonchev–Trinajstić information content (AvgIpc) is 2.76. The number of carbonyl (C=O) groups excluding carboxylic acids is 1. The summed E-state index contributed by atoms with van der Waals surface area (Å²) in [7, 11) is 1.41. The van der Waals surface area contributed by atoms with Crippen LogP contribution in [0.1, 0.15) is 34.3 Å². The molecule has 1 saturated heterocycles. The predicted octanol–water partition coefficient (Wildman–Crippen LogP) is 1.80. The van der Waals surface area contributed by atoms with E-state index in [2.05, 4.69) is 11.4 Å². The molecule has 0 aliphatic carbocycles. The number of esters is 1. The van der Waals surface area contributed by atoms with E-state index in [0.29, 0.717) is 5.56 Å². The van der Waals surface area contributed by atoms with Gasteiger partial charge in [0.2, 0.25) is 0 Å². The highest BCUT2D eigenvalue weighted by molar-refractivity contribution is 5.91. The fraction of sp³-hybridized carbons (Fsp3) is 0.533. The van der Waals surface area contributed by atoms with Crippen molar-refractivity contribution in [1.82, 2.24) is 5.32 Å². The second kappa shape index (κ2) is 4.53. The van der Waals surface area contributed by atoms with Gasteiger partial charge in [0.15, 0.2) is 0 Å². The number of fused-ring (bicyclic) bond motifs is 2. The molecule has 19 heavy (non-hydrogen) atoms. The highest BCUT2D eigenvalue weighted by Crippen LogP contribution is 2.45. The normalized spacial score (nSPS) is 19.9. The fourth-order valence-corrected chi connectivity index (χ4v) is 3.16. The van der Waals surface area contributed by atoms with Crippen molar-refractivity contribution in [3.63, 3.8) is 0 Å². The minimum atomic E-state index is -0.296. The van der Waals surface area contributed by atoms with E-state index in [-0.39, 0.29) is 11.4 Å². The predicted molar refractivity (Wildman–Crippen MR) is 71.8 cm³/mol. The Labute approximate surface area is 113 Å². The standard InChI is InChI=1S/C15H19NO3/c1-10-7-12-13(8-11(10)14(17)18-2)19-9-15(12)3-5-16-6-4-15/h7-8,16H,3-6,9H2,1-2H3. The molecule has 2 aliphatic heterocycles. The molecular weight excluding hydrogens is 242 g/mol. The molecule has 3 rings (SSSR count). The Balaban J connectivity index is 2.03. The molecule has 0 aromatic heterocycles. The largest absolute Gasteiger partial charge is 0.492 e. The third-order valence-electron chi connectivity index (χ3n) is 4.37. The zero-order valence-electron chi connectivity index (χ0n) is 11.4. The molecule has 2 heterocycles. The first kappa shape index (κ1) is 12.5. The van der Waals surface area contributed by atoms with Gasteiger partial charge in [-0.3, -0.25) is 0 Å². The van der Waals surface area contributed by atoms with E-state index in [0.717, 1.165) is 43.9 Å². The van der Waals surface area contributed by atoms with Gasteiger partial charge in [0.1, 0.15) is 5.75 Å². The summed E-state index contributed by atoms with van der Waals surface area (Å²) in [6.45, 7) is 4.74. The van der Waals surface area contributed by atoms with Gasteiger partial charge in [0.25, 0.3) is 0 Å². The van der Waals surface area contributed by atoms with Crippen LogP contribution in [0.2, 0.25) is 0 Å². The average molecular weight is 261 g/mol. The molecule has 0 amide bonds. The first-order valence-electron chi connectivity index (χ1n) is 6.73. The number of methoxy groups -OCH3 is 1. The molecule has 4 nitrogen and oxygen atoms in total. The van der Waals surface area contributed by atoms with Crippen molar-refractivity contribution in [2.45, 2.75) is 25.2 Å². The number of aryl methyl sites for hydroxylation is 1. The Bertz CT molecular complexity index is 518. The van der Waals surface area contributed by atoms with Crippen molar-refractivity contribution >= 4 is 5.97 Å². The van der Waals surface area contributed by atoms with E-state index in [1.54, 1.807) is 0 Å². The number of hydrogen-bond donors (Lipinski definition) is 1. The van der Waals surface area contributed by atoms with E-state index in [1.807, 2.05) is 13.0 Å². The van der Waals surface area contributed by atoms with Crippen molar-refractivity contribution in [1.29, 1.82) is 0 Å². The fourth-order valence-electron chi connectivity index (χ4n) is 3.16. The highest BCUT2D eigenvalue weighted by Gasteiger charge is 2.42. The lowest BCUT2D eigenvalue weighted by atomic mass is 9.74. The summed E-state index contributed by atoms with van der Waals surface area (Å²) < 4.78 is 10.7. The quantitative estimate of drug-likeness (QED) is 0.783. The molecule has 1 N–H and O–H groups in total. The zero-order valence-corrected chi connectivity index (χ0v) is 11.4. The number of hydrogen-bond acceptors (Lipinski definition) is 4. The number of carbonyl (C=O) groups is 1. The van der Waals surface area contributed by atoms with Gasteiger partial charge < -0.3 is 14.8 Å². The molecule has 0 bridgehead atoms. The second-order valence-corrected chi connectivity index (χ2v) is 5.47. The molecular formula is C15H19NO3. The van der Waals surface area contributed by atoms with Crippen LogP contribution in [0.25, 0.3) is 0 Å². The lowest BCUT2D eigenvalue weighted by Crippen LogP contribution is -2.41. The van der Waals surface area contributed by atoms with Crippen LogP contribution in [0.15, 0.2) is 12.1 Å². The SMILES string of the molecule is COC(=O)c1cc2c(cc1C)C1(CCNCC1)CO2. The summed E-state index contributed by atoms with van der Waals surface area (Å²) in [5, 5.41) is 3.39. The van der Waals surface area contributed by atoms with Crippen LogP contribution in [-0.4, -0.2) is 32.8 Å². The highest BCUT2D eigenvalue weighted by atomic mass is 16.5. The minimum absolute atomic E-state index is 0.139. The smallest absolute Gasteiger partial charge is 0.338 e. The van der Waals surface area contributed by atoms with Crippen LogP contribution in [0.4, 0.5) is 0 Å². The van der Waals surface area contributed by atoms with E-state index < -0.39 is 0 Å². The van der Waals surface area contributed by atoms with Gasteiger partial charge in [-0.05, 0) is 44.5 Å². The molecule has 1 aromatic rings. The minimum Gasteiger partial charge on any atom is -0.492 e. The van der Waals surface area contributed by atoms with Crippen LogP contribution in [0.3, 0.4) is 0 Å². The number of rotatable bonds is 1. The van der Waals surface area contributed by atoms with Crippen molar-refractivity contribution in [2.75, 3.05) is 26.8 Å². The molecule has 0 radical (unpaired) electrons. The lowest BCUT2D eigenvalue weighted by molar-refractivity contribution is 0.0599. The van der Waals surface area contributed by atoms with Gasteiger partial charge in [-0.2, -0.15) is 0 Å². The molecule has 0 unspecified atom stereocenters. The Morgan fingerprint density at radius 1 is 1.37 bits per heavy atom. The maximum absolute atomic E-state index is 11.7. The Morgan fingerprint density at radius 3 is 2.79 bits per heavy atom. The Hall–Kier alpha value is -1.55. The van der Waals surface area contributed by atoms with Crippen molar-refractivity contribution < 1.29 is 14.3 Å². The van der Waals surface area contributed by atoms with Gasteiger partial charge in [-0.25, -0.2) is 4.79 Å². The number of nitrogens with one attached hydrogen (secondary N) is 1.